The molecule has 1 atom stereocenters. The van der Waals surface area contributed by atoms with Crippen molar-refractivity contribution < 1.29 is 9.59 Å². The van der Waals surface area contributed by atoms with E-state index in [4.69, 9.17) is 0 Å². The van der Waals surface area contributed by atoms with Gasteiger partial charge in [-0.25, -0.2) is 4.79 Å². The molecule has 3 aliphatic heterocycles. The number of urea groups is 1. The molecule has 5 rings (SSSR count). The number of nitrogens with one attached hydrogen (secondary N) is 1. The van der Waals surface area contributed by atoms with Gasteiger partial charge in [-0.05, 0) is 25.5 Å². The lowest BCUT2D eigenvalue weighted by atomic mass is 9.93. The molecular formula is C24H35N5O2. The van der Waals surface area contributed by atoms with Gasteiger partial charge in [0.1, 0.15) is 11.7 Å². The van der Waals surface area contributed by atoms with Crippen LogP contribution in [0.4, 0.5) is 4.79 Å². The number of piperidine rings is 1. The molecule has 7 heteroatoms. The van der Waals surface area contributed by atoms with E-state index >= 15 is 0 Å². The summed E-state index contributed by atoms with van der Waals surface area (Å²) in [6, 6.07) is 10.7. The lowest BCUT2D eigenvalue weighted by molar-refractivity contribution is -0.134. The number of likely N-dealkylation sites (tertiary alicyclic amines) is 1. The first kappa shape index (κ1) is 20.8. The summed E-state index contributed by atoms with van der Waals surface area (Å²) in [6.45, 7) is 4.73. The van der Waals surface area contributed by atoms with Gasteiger partial charge in [0.25, 0.3) is 0 Å². The van der Waals surface area contributed by atoms with Gasteiger partial charge in [-0.3, -0.25) is 9.69 Å². The second-order valence-corrected chi connectivity index (χ2v) is 9.78. The van der Waals surface area contributed by atoms with Gasteiger partial charge in [0.2, 0.25) is 5.91 Å². The Morgan fingerprint density at radius 2 is 1.77 bits per heavy atom. The molecule has 3 amide bonds. The first-order chi connectivity index (χ1) is 15.1. The molecule has 1 aromatic carbocycles. The number of carbonyl (C=O) groups excluding carboxylic acids is 2. The summed E-state index contributed by atoms with van der Waals surface area (Å²) < 4.78 is 0. The molecule has 0 bridgehead atoms. The normalized spacial score (nSPS) is 27.1. The summed E-state index contributed by atoms with van der Waals surface area (Å²) in [6.07, 6.45) is 6.29. The Morgan fingerprint density at radius 1 is 1.06 bits per heavy atom. The average molecular weight is 426 g/mol. The molecular weight excluding hydrogens is 390 g/mol. The fourth-order valence-corrected chi connectivity index (χ4v) is 6.12. The lowest BCUT2D eigenvalue weighted by Crippen LogP contribution is -2.64. The number of benzene rings is 1. The summed E-state index contributed by atoms with van der Waals surface area (Å²) in [5.41, 5.74) is 0.896. The van der Waals surface area contributed by atoms with Gasteiger partial charge < -0.3 is 20.0 Å². The van der Waals surface area contributed by atoms with Crippen molar-refractivity contribution in [3.8, 4) is 0 Å². The third-order valence-electron chi connectivity index (χ3n) is 7.89. The Kier molecular flexibility index (Phi) is 5.65. The van der Waals surface area contributed by atoms with E-state index < -0.39 is 0 Å². The molecule has 0 radical (unpaired) electrons. The Hall–Kier alpha value is -2.12. The Bertz CT molecular complexity index is 801. The van der Waals surface area contributed by atoms with E-state index in [0.29, 0.717) is 25.7 Å². The fourth-order valence-electron chi connectivity index (χ4n) is 6.12. The molecule has 31 heavy (non-hydrogen) atoms. The van der Waals surface area contributed by atoms with E-state index in [1.807, 2.05) is 23.1 Å². The molecule has 1 aliphatic carbocycles. The molecule has 1 N–H and O–H groups in total. The zero-order chi connectivity index (χ0) is 21.4. The molecule has 4 aliphatic rings. The standard InChI is InChI=1S/C24H35N5O2/c1-26-15-16-28-21(18-26)22(30)29(17-19-7-3-2-4-8-19)24(28)11-13-27(14-12-24)23(31)25-20-9-5-6-10-20/h2-4,7-8,20-21H,5-6,9-18H2,1H3,(H,25,31)/t21-/m1/s1. The van der Waals surface area contributed by atoms with Crippen LogP contribution >= 0.6 is 0 Å². The predicted octanol–water partition coefficient (Wildman–Crippen LogP) is 2.09. The smallest absolute Gasteiger partial charge is 0.317 e. The summed E-state index contributed by atoms with van der Waals surface area (Å²) in [7, 11) is 2.10. The molecule has 1 saturated carbocycles. The number of carbonyl (C=O) groups is 2. The van der Waals surface area contributed by atoms with Gasteiger partial charge in [-0.15, -0.1) is 0 Å². The zero-order valence-electron chi connectivity index (χ0n) is 18.6. The molecule has 0 aromatic heterocycles. The SMILES string of the molecule is CN1CCN2[C@H](C1)C(=O)N(Cc1ccccc1)C21CCN(C(=O)NC2CCCC2)CC1. The quantitative estimate of drug-likeness (QED) is 0.806. The van der Waals surface area contributed by atoms with Crippen LogP contribution in [-0.4, -0.2) is 89.1 Å². The van der Waals surface area contributed by atoms with Gasteiger partial charge >= 0.3 is 6.03 Å². The number of piperazine rings is 1. The van der Waals surface area contributed by atoms with E-state index in [1.54, 1.807) is 0 Å². The van der Waals surface area contributed by atoms with Crippen LogP contribution in [0.1, 0.15) is 44.1 Å². The topological polar surface area (TPSA) is 59.1 Å². The third kappa shape index (κ3) is 3.82. The zero-order valence-corrected chi connectivity index (χ0v) is 18.6. The Morgan fingerprint density at radius 3 is 2.48 bits per heavy atom. The fraction of sp³-hybridized carbons (Fsp3) is 0.667. The number of fused-ring (bicyclic) bond motifs is 2. The highest BCUT2D eigenvalue weighted by molar-refractivity contribution is 5.86. The van der Waals surface area contributed by atoms with Gasteiger partial charge in [0.05, 0.1) is 0 Å². The number of likely N-dealkylation sites (N-methyl/N-ethyl adjacent to an activating group) is 1. The highest BCUT2D eigenvalue weighted by Crippen LogP contribution is 2.42. The van der Waals surface area contributed by atoms with Crippen molar-refractivity contribution in [1.82, 2.24) is 24.9 Å². The van der Waals surface area contributed by atoms with Gasteiger partial charge in [0, 0.05) is 58.2 Å². The van der Waals surface area contributed by atoms with Crippen LogP contribution in [0.5, 0.6) is 0 Å². The largest absolute Gasteiger partial charge is 0.335 e. The number of rotatable bonds is 3. The van der Waals surface area contributed by atoms with Crippen LogP contribution < -0.4 is 5.32 Å². The van der Waals surface area contributed by atoms with Crippen molar-refractivity contribution in [1.29, 1.82) is 0 Å². The third-order valence-corrected chi connectivity index (χ3v) is 7.89. The van der Waals surface area contributed by atoms with Crippen molar-refractivity contribution in [2.75, 3.05) is 39.8 Å². The summed E-state index contributed by atoms with van der Waals surface area (Å²) in [5.74, 6) is 0.249. The van der Waals surface area contributed by atoms with Crippen LogP contribution in [-0.2, 0) is 11.3 Å². The maximum Gasteiger partial charge on any atom is 0.317 e. The maximum absolute atomic E-state index is 13.6. The second-order valence-electron chi connectivity index (χ2n) is 9.78. The first-order valence-electron chi connectivity index (χ1n) is 11.9. The van der Waals surface area contributed by atoms with Crippen molar-refractivity contribution in [3.63, 3.8) is 0 Å². The van der Waals surface area contributed by atoms with Crippen LogP contribution in [0.25, 0.3) is 0 Å². The average Bonchev–Trinajstić information content (AvgIpc) is 3.37. The molecule has 1 aromatic rings. The van der Waals surface area contributed by atoms with Crippen LogP contribution in [0.2, 0.25) is 0 Å². The minimum atomic E-state index is -0.275. The molecule has 0 unspecified atom stereocenters. The van der Waals surface area contributed by atoms with Gasteiger partial charge in [-0.1, -0.05) is 43.2 Å². The van der Waals surface area contributed by atoms with Crippen molar-refractivity contribution >= 4 is 11.9 Å². The maximum atomic E-state index is 13.6. The van der Waals surface area contributed by atoms with Crippen molar-refractivity contribution in [2.24, 2.45) is 0 Å². The monoisotopic (exact) mass is 425 g/mol. The Labute approximate surface area is 185 Å². The molecule has 3 saturated heterocycles. The second kappa shape index (κ2) is 8.43. The molecule has 4 fully saturated rings. The van der Waals surface area contributed by atoms with Crippen LogP contribution in [0.15, 0.2) is 30.3 Å². The molecule has 7 nitrogen and oxygen atoms in total. The van der Waals surface area contributed by atoms with Crippen molar-refractivity contribution in [3.05, 3.63) is 35.9 Å². The highest BCUT2D eigenvalue weighted by atomic mass is 16.2. The first-order valence-corrected chi connectivity index (χ1v) is 11.9. The van der Waals surface area contributed by atoms with Crippen molar-refractivity contribution in [2.45, 2.75) is 62.8 Å². The Balaban J connectivity index is 1.34. The van der Waals surface area contributed by atoms with E-state index in [0.717, 1.165) is 45.3 Å². The summed E-state index contributed by atoms with van der Waals surface area (Å²) >= 11 is 0. The highest BCUT2D eigenvalue weighted by Gasteiger charge is 2.58. The number of amides is 3. The van der Waals surface area contributed by atoms with Gasteiger partial charge in [-0.2, -0.15) is 0 Å². The van der Waals surface area contributed by atoms with Crippen LogP contribution in [0.3, 0.4) is 0 Å². The minimum Gasteiger partial charge on any atom is -0.335 e. The summed E-state index contributed by atoms with van der Waals surface area (Å²) in [4.78, 5) is 35.2. The summed E-state index contributed by atoms with van der Waals surface area (Å²) in [5, 5.41) is 3.24. The van der Waals surface area contributed by atoms with E-state index in [2.05, 4.69) is 39.2 Å². The van der Waals surface area contributed by atoms with Gasteiger partial charge in [0.15, 0.2) is 0 Å². The molecule has 1 spiro atoms. The number of hydrogen-bond acceptors (Lipinski definition) is 4. The van der Waals surface area contributed by atoms with E-state index in [1.165, 1.54) is 18.4 Å². The molecule has 3 heterocycles. The molecule has 168 valence electrons. The minimum absolute atomic E-state index is 0.0682. The van der Waals surface area contributed by atoms with E-state index in [9.17, 15) is 9.59 Å². The predicted molar refractivity (Wildman–Crippen MR) is 119 cm³/mol. The van der Waals surface area contributed by atoms with E-state index in [-0.39, 0.29) is 23.6 Å². The van der Waals surface area contributed by atoms with Crippen LogP contribution in [0, 0.1) is 0 Å². The lowest BCUT2D eigenvalue weighted by Gasteiger charge is -2.50. The number of nitrogens with zero attached hydrogens (tertiary/aromatic N) is 4. The number of hydrogen-bond donors (Lipinski definition) is 1.